The van der Waals surface area contributed by atoms with Crippen molar-refractivity contribution in [1.82, 2.24) is 4.57 Å². The lowest BCUT2D eigenvalue weighted by atomic mass is 10.2. The number of benzene rings is 1. The van der Waals surface area contributed by atoms with Crippen LogP contribution < -0.4 is 21.3 Å². The Kier molecular flexibility index (Phi) is 5.35. The molecule has 1 heterocycles. The maximum absolute atomic E-state index is 12.6. The smallest absolute Gasteiger partial charge is 0.412 e. The van der Waals surface area contributed by atoms with E-state index in [0.717, 1.165) is 6.21 Å². The van der Waals surface area contributed by atoms with Gasteiger partial charge < -0.3 is 20.6 Å². The number of nitrogens with two attached hydrogens (primary N) is 1. The molecule has 0 aliphatic rings. The van der Waals surface area contributed by atoms with E-state index in [9.17, 15) is 9.59 Å². The van der Waals surface area contributed by atoms with Crippen LogP contribution in [0.25, 0.3) is 5.69 Å². The zero-order valence-electron chi connectivity index (χ0n) is 15.1. The number of pyridine rings is 1. The van der Waals surface area contributed by atoms with Gasteiger partial charge in [-0.15, -0.1) is 0 Å². The third-order valence-corrected chi connectivity index (χ3v) is 3.36. The zero-order chi connectivity index (χ0) is 19.5. The molecule has 0 aliphatic heterocycles. The van der Waals surface area contributed by atoms with Crippen molar-refractivity contribution in [1.29, 1.82) is 5.41 Å². The second-order valence-electron chi connectivity index (χ2n) is 6.52. The predicted octanol–water partition coefficient (Wildman–Crippen LogP) is 2.77. The minimum atomic E-state index is -0.630. The summed E-state index contributed by atoms with van der Waals surface area (Å²) in [4.78, 5) is 24.5. The number of aromatic nitrogens is 1. The number of hydrogen-bond acceptors (Lipinski definition) is 6. The number of nitrogens with one attached hydrogen (secondary N) is 2. The van der Waals surface area contributed by atoms with Crippen LogP contribution in [-0.2, 0) is 4.74 Å². The van der Waals surface area contributed by atoms with E-state index in [1.54, 1.807) is 45.0 Å². The zero-order valence-corrected chi connectivity index (χ0v) is 15.1. The molecule has 1 aromatic carbocycles. The highest BCUT2D eigenvalue weighted by atomic mass is 16.6. The van der Waals surface area contributed by atoms with Gasteiger partial charge in [-0.1, -0.05) is 6.07 Å². The second-order valence-corrected chi connectivity index (χ2v) is 6.52. The Morgan fingerprint density at radius 1 is 1.31 bits per heavy atom. The van der Waals surface area contributed by atoms with Crippen LogP contribution in [0.4, 0.5) is 16.3 Å². The fourth-order valence-corrected chi connectivity index (χ4v) is 2.29. The van der Waals surface area contributed by atoms with Gasteiger partial charge in [-0.25, -0.2) is 4.79 Å². The summed E-state index contributed by atoms with van der Waals surface area (Å²) in [5.41, 5.74) is 6.12. The monoisotopic (exact) mass is 358 g/mol. The largest absolute Gasteiger partial charge is 0.491 e. The number of nitrogens with zero attached hydrogens (tertiary/aromatic N) is 1. The summed E-state index contributed by atoms with van der Waals surface area (Å²) in [6.07, 6.45) is 0.428. The molecular weight excluding hydrogens is 336 g/mol. The van der Waals surface area contributed by atoms with Gasteiger partial charge in [0, 0.05) is 17.5 Å². The molecule has 0 atom stereocenters. The Morgan fingerprint density at radius 3 is 2.58 bits per heavy atom. The van der Waals surface area contributed by atoms with Gasteiger partial charge in [0.25, 0.3) is 5.56 Å². The van der Waals surface area contributed by atoms with E-state index in [0.29, 0.717) is 16.9 Å². The summed E-state index contributed by atoms with van der Waals surface area (Å²) in [6, 6.07) is 7.97. The lowest BCUT2D eigenvalue weighted by Gasteiger charge is -2.20. The first-order valence-electron chi connectivity index (χ1n) is 7.86. The van der Waals surface area contributed by atoms with Gasteiger partial charge in [0.15, 0.2) is 5.75 Å². The SMILES string of the molecule is COc1cc(C=N)c(N)n(-c2cccc(NC(=O)OC(C)(C)C)c2)c1=O. The number of carbonyl (C=O) groups excluding carboxylic acids is 1. The van der Waals surface area contributed by atoms with E-state index in [4.69, 9.17) is 20.6 Å². The van der Waals surface area contributed by atoms with Crippen molar-refractivity contribution in [3.05, 3.63) is 46.2 Å². The van der Waals surface area contributed by atoms with Gasteiger partial charge in [0.2, 0.25) is 0 Å². The van der Waals surface area contributed by atoms with Crippen molar-refractivity contribution in [2.75, 3.05) is 18.2 Å². The number of hydrogen-bond donors (Lipinski definition) is 3. The molecule has 1 amide bonds. The first kappa shape index (κ1) is 19.0. The van der Waals surface area contributed by atoms with E-state index < -0.39 is 17.3 Å². The summed E-state index contributed by atoms with van der Waals surface area (Å²) >= 11 is 0. The summed E-state index contributed by atoms with van der Waals surface area (Å²) < 4.78 is 11.5. The number of ether oxygens (including phenoxy) is 2. The number of amides is 1. The quantitative estimate of drug-likeness (QED) is 0.726. The van der Waals surface area contributed by atoms with Gasteiger partial charge in [-0.3, -0.25) is 14.7 Å². The fraction of sp³-hybridized carbons (Fsp3) is 0.278. The molecule has 1 aromatic heterocycles. The molecular formula is C18H22N4O4. The lowest BCUT2D eigenvalue weighted by molar-refractivity contribution is 0.0636. The normalized spacial score (nSPS) is 10.9. The molecule has 26 heavy (non-hydrogen) atoms. The van der Waals surface area contributed by atoms with E-state index in [1.165, 1.54) is 17.7 Å². The second kappa shape index (κ2) is 7.30. The van der Waals surface area contributed by atoms with Gasteiger partial charge in [-0.05, 0) is 45.0 Å². The molecule has 4 N–H and O–H groups in total. The lowest BCUT2D eigenvalue weighted by Crippen LogP contribution is -2.27. The minimum absolute atomic E-state index is 0.0585. The van der Waals surface area contributed by atoms with E-state index >= 15 is 0 Å². The summed E-state index contributed by atoms with van der Waals surface area (Å²) in [6.45, 7) is 5.29. The minimum Gasteiger partial charge on any atom is -0.491 e. The van der Waals surface area contributed by atoms with Crippen LogP contribution in [0, 0.1) is 5.41 Å². The maximum Gasteiger partial charge on any atom is 0.412 e. The molecule has 0 radical (unpaired) electrons. The van der Waals surface area contributed by atoms with Crippen molar-refractivity contribution >= 4 is 23.8 Å². The van der Waals surface area contributed by atoms with Crippen LogP contribution in [0.5, 0.6) is 5.75 Å². The van der Waals surface area contributed by atoms with E-state index in [1.807, 2.05) is 0 Å². The third-order valence-electron chi connectivity index (χ3n) is 3.36. The summed E-state index contributed by atoms with van der Waals surface area (Å²) in [5, 5.41) is 10.1. The molecule has 0 fully saturated rings. The van der Waals surface area contributed by atoms with Crippen molar-refractivity contribution in [2.24, 2.45) is 0 Å². The standard InChI is InChI=1S/C18H22N4O4/c1-18(2,3)26-17(24)21-12-6-5-7-13(9-12)22-15(20)11(10-19)8-14(25-4)16(22)23/h5-10,19H,20H2,1-4H3,(H,21,24). The van der Waals surface area contributed by atoms with Crippen LogP contribution in [-0.4, -0.2) is 29.6 Å². The number of nitrogen functional groups attached to an aromatic ring is 1. The molecule has 2 aromatic rings. The molecule has 0 spiro atoms. The first-order chi connectivity index (χ1) is 12.2. The van der Waals surface area contributed by atoms with Gasteiger partial charge >= 0.3 is 6.09 Å². The average molecular weight is 358 g/mol. The number of rotatable bonds is 4. The molecule has 2 rings (SSSR count). The predicted molar refractivity (Wildman–Crippen MR) is 101 cm³/mol. The van der Waals surface area contributed by atoms with Gasteiger partial charge in [-0.2, -0.15) is 0 Å². The Bertz CT molecular complexity index is 897. The van der Waals surface area contributed by atoms with Gasteiger partial charge in [0.05, 0.1) is 12.8 Å². The molecule has 0 saturated heterocycles. The number of anilines is 2. The molecule has 0 aliphatic carbocycles. The summed E-state index contributed by atoms with van der Waals surface area (Å²) in [7, 11) is 1.37. The van der Waals surface area contributed by atoms with Crippen molar-refractivity contribution < 1.29 is 14.3 Å². The Balaban J connectivity index is 2.47. The fourth-order valence-electron chi connectivity index (χ4n) is 2.29. The average Bonchev–Trinajstić information content (AvgIpc) is 2.54. The van der Waals surface area contributed by atoms with Crippen molar-refractivity contribution in [3.8, 4) is 11.4 Å². The van der Waals surface area contributed by atoms with Crippen LogP contribution in [0.2, 0.25) is 0 Å². The van der Waals surface area contributed by atoms with Crippen LogP contribution in [0.3, 0.4) is 0 Å². The molecule has 8 nitrogen and oxygen atoms in total. The molecule has 8 heteroatoms. The van der Waals surface area contributed by atoms with E-state index in [-0.39, 0.29) is 11.6 Å². The number of methoxy groups -OCH3 is 1. The molecule has 0 unspecified atom stereocenters. The first-order valence-corrected chi connectivity index (χ1v) is 7.86. The maximum atomic E-state index is 12.6. The Morgan fingerprint density at radius 2 is 2.00 bits per heavy atom. The molecule has 138 valence electrons. The highest BCUT2D eigenvalue weighted by Crippen LogP contribution is 2.21. The Labute approximate surface area is 151 Å². The molecule has 0 saturated carbocycles. The topological polar surface area (TPSA) is 119 Å². The summed E-state index contributed by atoms with van der Waals surface area (Å²) in [5.74, 6) is 0.156. The van der Waals surface area contributed by atoms with E-state index in [2.05, 4.69) is 5.32 Å². The van der Waals surface area contributed by atoms with Crippen molar-refractivity contribution in [3.63, 3.8) is 0 Å². The van der Waals surface area contributed by atoms with Crippen LogP contribution in [0.1, 0.15) is 26.3 Å². The Hall–Kier alpha value is -3.29. The third kappa shape index (κ3) is 4.21. The highest BCUT2D eigenvalue weighted by molar-refractivity contribution is 5.86. The number of carbonyl (C=O) groups is 1. The van der Waals surface area contributed by atoms with Crippen LogP contribution >= 0.6 is 0 Å². The highest BCUT2D eigenvalue weighted by Gasteiger charge is 2.17. The van der Waals surface area contributed by atoms with Crippen LogP contribution in [0.15, 0.2) is 35.1 Å². The molecule has 0 bridgehead atoms. The van der Waals surface area contributed by atoms with Crippen molar-refractivity contribution in [2.45, 2.75) is 26.4 Å². The van der Waals surface area contributed by atoms with Gasteiger partial charge in [0.1, 0.15) is 11.4 Å².